The number of amides is 1. The van der Waals surface area contributed by atoms with Crippen molar-refractivity contribution in [3.8, 4) is 5.75 Å². The number of aliphatic hydroxyl groups excluding tert-OH is 1. The molecule has 3 rings (SSSR count). The first-order valence-electron chi connectivity index (χ1n) is 7.78. The van der Waals surface area contributed by atoms with Crippen LogP contribution in [0.2, 0.25) is 0 Å². The van der Waals surface area contributed by atoms with Gasteiger partial charge < -0.3 is 15.2 Å². The molecule has 0 aromatic heterocycles. The Morgan fingerprint density at radius 1 is 1.12 bits per heavy atom. The molecule has 0 fully saturated rings. The molecule has 1 heterocycles. The van der Waals surface area contributed by atoms with Crippen molar-refractivity contribution < 1.29 is 19.4 Å². The largest absolute Gasteiger partial charge is 0.497 e. The molecule has 2 aromatic rings. The van der Waals surface area contributed by atoms with Crippen LogP contribution in [0.15, 0.2) is 36.4 Å². The second-order valence-electron chi connectivity index (χ2n) is 5.96. The summed E-state index contributed by atoms with van der Waals surface area (Å²) in [4.78, 5) is 23.7. The lowest BCUT2D eigenvalue weighted by molar-refractivity contribution is -0.118. The zero-order valence-electron chi connectivity index (χ0n) is 13.5. The number of carbonyl (C=O) groups excluding carboxylic acids is 2. The van der Waals surface area contributed by atoms with Crippen molar-refractivity contribution in [2.75, 3.05) is 12.4 Å². The molecule has 1 aliphatic heterocycles. The molecule has 0 aliphatic carbocycles. The summed E-state index contributed by atoms with van der Waals surface area (Å²) in [6.45, 7) is -0.0930. The fourth-order valence-corrected chi connectivity index (χ4v) is 2.95. The zero-order chi connectivity index (χ0) is 17.1. The number of hydrogen-bond donors (Lipinski definition) is 2. The summed E-state index contributed by atoms with van der Waals surface area (Å²) in [6.07, 6.45) is 0.957. The van der Waals surface area contributed by atoms with E-state index in [1.54, 1.807) is 13.2 Å². The van der Waals surface area contributed by atoms with Crippen molar-refractivity contribution in [2.24, 2.45) is 0 Å². The van der Waals surface area contributed by atoms with Crippen LogP contribution in [-0.2, 0) is 35.5 Å². The predicted molar refractivity (Wildman–Crippen MR) is 90.1 cm³/mol. The third kappa shape index (κ3) is 3.63. The topological polar surface area (TPSA) is 75.6 Å². The lowest BCUT2D eigenvalue weighted by Gasteiger charge is -2.08. The number of fused-ring (bicyclic) bond motifs is 1. The van der Waals surface area contributed by atoms with Gasteiger partial charge in [0, 0.05) is 18.5 Å². The van der Waals surface area contributed by atoms with Crippen molar-refractivity contribution >= 4 is 17.4 Å². The molecule has 0 unspecified atom stereocenters. The minimum absolute atomic E-state index is 0.0126. The average Bonchev–Trinajstić information content (AvgIpc) is 2.93. The highest BCUT2D eigenvalue weighted by Gasteiger charge is 2.18. The van der Waals surface area contributed by atoms with Crippen LogP contribution in [-0.4, -0.2) is 23.9 Å². The molecule has 0 saturated carbocycles. The smallest absolute Gasteiger partial charge is 0.228 e. The van der Waals surface area contributed by atoms with Crippen LogP contribution < -0.4 is 10.1 Å². The Morgan fingerprint density at radius 3 is 2.62 bits per heavy atom. The summed E-state index contributed by atoms with van der Waals surface area (Å²) in [6, 6.07) is 11.0. The van der Waals surface area contributed by atoms with Crippen LogP contribution in [0.3, 0.4) is 0 Å². The highest BCUT2D eigenvalue weighted by atomic mass is 16.5. The van der Waals surface area contributed by atoms with Gasteiger partial charge in [-0.05, 0) is 40.5 Å². The standard InChI is InChI=1S/C19H19NO4/c1-24-17-8-13(4-14(9-17)11-21)7-16(22)6-12-2-3-18-15(5-12)10-19(23)20-18/h2-5,8-9,21H,6-7,10-11H2,1H3,(H,20,23). The van der Waals surface area contributed by atoms with E-state index >= 15 is 0 Å². The molecule has 0 spiro atoms. The summed E-state index contributed by atoms with van der Waals surface area (Å²) >= 11 is 0. The molecule has 24 heavy (non-hydrogen) atoms. The second-order valence-corrected chi connectivity index (χ2v) is 5.96. The molecule has 5 nitrogen and oxygen atoms in total. The third-order valence-corrected chi connectivity index (χ3v) is 4.04. The maximum Gasteiger partial charge on any atom is 0.228 e. The first-order chi connectivity index (χ1) is 11.6. The molecular weight excluding hydrogens is 306 g/mol. The van der Waals surface area contributed by atoms with Crippen LogP contribution in [0, 0.1) is 0 Å². The van der Waals surface area contributed by atoms with Gasteiger partial charge in [0.05, 0.1) is 20.1 Å². The molecule has 0 bridgehead atoms. The summed E-state index contributed by atoms with van der Waals surface area (Å²) in [7, 11) is 1.56. The normalized spacial score (nSPS) is 12.7. The fourth-order valence-electron chi connectivity index (χ4n) is 2.95. The van der Waals surface area contributed by atoms with E-state index in [4.69, 9.17) is 4.74 Å². The molecule has 0 atom stereocenters. The molecule has 1 aliphatic rings. The Kier molecular flexibility index (Phi) is 4.62. The Balaban J connectivity index is 1.70. The number of Topliss-reactive ketones (excluding diaryl/α,β-unsaturated/α-hetero) is 1. The fraction of sp³-hybridized carbons (Fsp3) is 0.263. The van der Waals surface area contributed by atoms with Crippen LogP contribution in [0.4, 0.5) is 5.69 Å². The Labute approximate surface area is 140 Å². The lowest BCUT2D eigenvalue weighted by atomic mass is 9.99. The lowest BCUT2D eigenvalue weighted by Crippen LogP contribution is -2.07. The number of ketones is 1. The average molecular weight is 325 g/mol. The highest BCUT2D eigenvalue weighted by Crippen LogP contribution is 2.24. The number of benzene rings is 2. The van der Waals surface area contributed by atoms with Gasteiger partial charge in [-0.3, -0.25) is 9.59 Å². The predicted octanol–water partition coefficient (Wildman–Crippen LogP) is 2.04. The Bertz CT molecular complexity index is 776. The van der Waals surface area contributed by atoms with Gasteiger partial charge in [-0.25, -0.2) is 0 Å². The Hall–Kier alpha value is -2.66. The van der Waals surface area contributed by atoms with Crippen LogP contribution in [0.25, 0.3) is 0 Å². The quantitative estimate of drug-likeness (QED) is 0.852. The van der Waals surface area contributed by atoms with E-state index in [0.717, 1.165) is 27.9 Å². The number of carbonyl (C=O) groups is 2. The zero-order valence-corrected chi connectivity index (χ0v) is 13.5. The van der Waals surface area contributed by atoms with Crippen molar-refractivity contribution in [3.05, 3.63) is 58.7 Å². The maximum absolute atomic E-state index is 12.4. The number of nitrogens with one attached hydrogen (secondary N) is 1. The summed E-state index contributed by atoms with van der Waals surface area (Å²) in [5.41, 5.74) is 4.21. The van der Waals surface area contributed by atoms with Gasteiger partial charge in [-0.15, -0.1) is 0 Å². The summed E-state index contributed by atoms with van der Waals surface area (Å²) < 4.78 is 5.20. The van der Waals surface area contributed by atoms with Gasteiger partial charge in [0.2, 0.25) is 5.91 Å². The van der Waals surface area contributed by atoms with Crippen LogP contribution in [0.1, 0.15) is 22.3 Å². The second kappa shape index (κ2) is 6.84. The van der Waals surface area contributed by atoms with Gasteiger partial charge in [-0.1, -0.05) is 18.2 Å². The summed E-state index contributed by atoms with van der Waals surface area (Å²) in [5.74, 6) is 0.692. The first-order valence-corrected chi connectivity index (χ1v) is 7.78. The maximum atomic E-state index is 12.4. The molecule has 0 radical (unpaired) electrons. The van der Waals surface area contributed by atoms with Gasteiger partial charge in [-0.2, -0.15) is 0 Å². The van der Waals surface area contributed by atoms with E-state index in [0.29, 0.717) is 18.6 Å². The molecule has 124 valence electrons. The molecular formula is C19H19NO4. The molecule has 2 aromatic carbocycles. The SMILES string of the molecule is COc1cc(CO)cc(CC(=O)Cc2ccc3c(c2)CC(=O)N3)c1. The van der Waals surface area contributed by atoms with Gasteiger partial charge in [0.1, 0.15) is 11.5 Å². The minimum Gasteiger partial charge on any atom is -0.497 e. The van der Waals surface area contributed by atoms with E-state index in [1.807, 2.05) is 30.3 Å². The van der Waals surface area contributed by atoms with Gasteiger partial charge >= 0.3 is 0 Å². The van der Waals surface area contributed by atoms with Crippen LogP contribution >= 0.6 is 0 Å². The number of hydrogen-bond acceptors (Lipinski definition) is 4. The molecule has 2 N–H and O–H groups in total. The number of rotatable bonds is 6. The van der Waals surface area contributed by atoms with Crippen LogP contribution in [0.5, 0.6) is 5.75 Å². The van der Waals surface area contributed by atoms with E-state index in [9.17, 15) is 14.7 Å². The summed E-state index contributed by atoms with van der Waals surface area (Å²) in [5, 5.41) is 12.1. The number of methoxy groups -OCH3 is 1. The molecule has 1 amide bonds. The van der Waals surface area contributed by atoms with E-state index in [1.165, 1.54) is 0 Å². The van der Waals surface area contributed by atoms with E-state index in [-0.39, 0.29) is 24.7 Å². The molecule has 0 saturated heterocycles. The number of anilines is 1. The monoisotopic (exact) mass is 325 g/mol. The number of ether oxygens (including phenoxy) is 1. The van der Waals surface area contributed by atoms with Gasteiger partial charge in [0.25, 0.3) is 0 Å². The minimum atomic E-state index is -0.0930. The van der Waals surface area contributed by atoms with E-state index < -0.39 is 0 Å². The highest BCUT2D eigenvalue weighted by molar-refractivity contribution is 5.99. The first kappa shape index (κ1) is 16.2. The van der Waals surface area contributed by atoms with Crippen molar-refractivity contribution in [2.45, 2.75) is 25.9 Å². The number of aliphatic hydroxyl groups is 1. The van der Waals surface area contributed by atoms with Crippen molar-refractivity contribution in [1.29, 1.82) is 0 Å². The van der Waals surface area contributed by atoms with Gasteiger partial charge in [0.15, 0.2) is 0 Å². The third-order valence-electron chi connectivity index (χ3n) is 4.04. The van der Waals surface area contributed by atoms with E-state index in [2.05, 4.69) is 5.32 Å². The van der Waals surface area contributed by atoms with Crippen molar-refractivity contribution in [1.82, 2.24) is 0 Å². The van der Waals surface area contributed by atoms with Crippen molar-refractivity contribution in [3.63, 3.8) is 0 Å². The Morgan fingerprint density at radius 2 is 1.88 bits per heavy atom. The molecule has 5 heteroatoms.